The molecular formula is C10H22N2O3. The zero-order chi connectivity index (χ0) is 11.5. The van der Waals surface area contributed by atoms with E-state index in [1.165, 1.54) is 0 Å². The molecule has 0 aliphatic carbocycles. The lowest BCUT2D eigenvalue weighted by Crippen LogP contribution is -2.37. The molecule has 0 saturated heterocycles. The molecule has 1 amide bonds. The second-order valence-electron chi connectivity index (χ2n) is 3.39. The molecule has 5 heteroatoms. The summed E-state index contributed by atoms with van der Waals surface area (Å²) in [5.41, 5.74) is 0. The summed E-state index contributed by atoms with van der Waals surface area (Å²) in [6, 6.07) is 0. The Labute approximate surface area is 91.2 Å². The van der Waals surface area contributed by atoms with Crippen LogP contribution in [0.25, 0.3) is 0 Å². The van der Waals surface area contributed by atoms with Gasteiger partial charge in [-0.3, -0.25) is 4.79 Å². The van der Waals surface area contributed by atoms with Crippen LogP contribution in [0.5, 0.6) is 0 Å². The van der Waals surface area contributed by atoms with Crippen molar-refractivity contribution in [3.63, 3.8) is 0 Å². The number of hydrogen-bond acceptors (Lipinski definition) is 4. The predicted octanol–water partition coefficient (Wildman–Crippen LogP) is -0.500. The van der Waals surface area contributed by atoms with Crippen molar-refractivity contribution in [3.8, 4) is 0 Å². The van der Waals surface area contributed by atoms with Gasteiger partial charge in [0.15, 0.2) is 0 Å². The third-order valence-corrected chi connectivity index (χ3v) is 1.98. The summed E-state index contributed by atoms with van der Waals surface area (Å²) < 4.78 is 4.85. The molecule has 0 aliphatic heterocycles. The van der Waals surface area contributed by atoms with Gasteiger partial charge in [-0.25, -0.2) is 0 Å². The minimum absolute atomic E-state index is 0.0468. The van der Waals surface area contributed by atoms with Crippen molar-refractivity contribution in [1.29, 1.82) is 0 Å². The predicted molar refractivity (Wildman–Crippen MR) is 58.7 cm³/mol. The Morgan fingerprint density at radius 1 is 1.53 bits per heavy atom. The van der Waals surface area contributed by atoms with Gasteiger partial charge in [-0.05, 0) is 12.8 Å². The van der Waals surface area contributed by atoms with Gasteiger partial charge in [0.2, 0.25) is 5.91 Å². The third-order valence-electron chi connectivity index (χ3n) is 1.98. The van der Waals surface area contributed by atoms with Gasteiger partial charge < -0.3 is 20.5 Å². The van der Waals surface area contributed by atoms with Gasteiger partial charge in [0.1, 0.15) is 0 Å². The number of hydrogen-bond donors (Lipinski definition) is 3. The van der Waals surface area contributed by atoms with Crippen molar-refractivity contribution in [1.82, 2.24) is 10.6 Å². The number of methoxy groups -OCH3 is 1. The van der Waals surface area contributed by atoms with Gasteiger partial charge in [0.25, 0.3) is 0 Å². The number of aliphatic hydroxyl groups excluding tert-OH is 1. The highest BCUT2D eigenvalue weighted by molar-refractivity contribution is 5.77. The fourth-order valence-electron chi connectivity index (χ4n) is 1.00. The summed E-state index contributed by atoms with van der Waals surface area (Å²) in [6.45, 7) is 3.90. The Balaban J connectivity index is 3.26. The number of aliphatic hydroxyl groups is 1. The molecule has 5 nitrogen and oxygen atoms in total. The Bertz CT molecular complexity index is 165. The summed E-state index contributed by atoms with van der Waals surface area (Å²) in [5.74, 6) is -0.0468. The molecule has 0 rings (SSSR count). The molecule has 0 bridgehead atoms. The number of carbonyl (C=O) groups excluding carboxylic acids is 1. The van der Waals surface area contributed by atoms with E-state index in [0.29, 0.717) is 26.1 Å². The van der Waals surface area contributed by atoms with E-state index in [0.717, 1.165) is 6.42 Å². The number of ether oxygens (including phenoxy) is 1. The van der Waals surface area contributed by atoms with E-state index in [4.69, 9.17) is 4.74 Å². The highest BCUT2D eigenvalue weighted by Gasteiger charge is 2.02. The largest absolute Gasteiger partial charge is 0.392 e. The van der Waals surface area contributed by atoms with Crippen molar-refractivity contribution in [2.24, 2.45) is 0 Å². The molecule has 0 fully saturated rings. The van der Waals surface area contributed by atoms with Crippen molar-refractivity contribution >= 4 is 5.91 Å². The van der Waals surface area contributed by atoms with Crippen LogP contribution in [-0.4, -0.2) is 50.5 Å². The summed E-state index contributed by atoms with van der Waals surface area (Å²) in [4.78, 5) is 11.2. The minimum atomic E-state index is -0.369. The zero-order valence-electron chi connectivity index (χ0n) is 9.58. The van der Waals surface area contributed by atoms with Gasteiger partial charge in [-0.1, -0.05) is 6.92 Å². The van der Waals surface area contributed by atoms with Gasteiger partial charge in [-0.15, -0.1) is 0 Å². The molecule has 0 aromatic heterocycles. The molecule has 1 unspecified atom stereocenters. The number of rotatable bonds is 9. The molecule has 0 spiro atoms. The molecule has 90 valence electrons. The van der Waals surface area contributed by atoms with E-state index in [1.54, 1.807) is 7.11 Å². The third kappa shape index (κ3) is 9.65. The summed E-state index contributed by atoms with van der Waals surface area (Å²) in [6.07, 6.45) is 1.15. The van der Waals surface area contributed by atoms with Crippen LogP contribution in [0.3, 0.4) is 0 Å². The van der Waals surface area contributed by atoms with Gasteiger partial charge in [0.05, 0.1) is 12.6 Å². The highest BCUT2D eigenvalue weighted by atomic mass is 16.5. The second-order valence-corrected chi connectivity index (χ2v) is 3.39. The van der Waals surface area contributed by atoms with Gasteiger partial charge >= 0.3 is 0 Å². The minimum Gasteiger partial charge on any atom is -0.392 e. The Kier molecular flexibility index (Phi) is 9.46. The lowest BCUT2D eigenvalue weighted by atomic mass is 10.3. The van der Waals surface area contributed by atoms with Gasteiger partial charge in [0, 0.05) is 26.8 Å². The number of carbonyl (C=O) groups is 1. The Morgan fingerprint density at radius 3 is 2.87 bits per heavy atom. The molecule has 15 heavy (non-hydrogen) atoms. The summed E-state index contributed by atoms with van der Waals surface area (Å²) in [7, 11) is 1.63. The molecule has 0 aromatic carbocycles. The van der Waals surface area contributed by atoms with Gasteiger partial charge in [-0.2, -0.15) is 0 Å². The molecule has 1 atom stereocenters. The fraction of sp³-hybridized carbons (Fsp3) is 0.900. The monoisotopic (exact) mass is 218 g/mol. The van der Waals surface area contributed by atoms with Crippen molar-refractivity contribution < 1.29 is 14.6 Å². The lowest BCUT2D eigenvalue weighted by molar-refractivity contribution is -0.120. The summed E-state index contributed by atoms with van der Waals surface area (Å²) >= 11 is 0. The van der Waals surface area contributed by atoms with E-state index in [2.05, 4.69) is 10.6 Å². The quantitative estimate of drug-likeness (QED) is 0.456. The molecular weight excluding hydrogens is 196 g/mol. The summed E-state index contributed by atoms with van der Waals surface area (Å²) in [5, 5.41) is 14.8. The molecule has 0 aliphatic rings. The van der Waals surface area contributed by atoms with Crippen molar-refractivity contribution in [3.05, 3.63) is 0 Å². The first-order chi connectivity index (χ1) is 7.20. The number of amides is 1. The maximum Gasteiger partial charge on any atom is 0.233 e. The van der Waals surface area contributed by atoms with E-state index >= 15 is 0 Å². The van der Waals surface area contributed by atoms with E-state index < -0.39 is 0 Å². The topological polar surface area (TPSA) is 70.6 Å². The van der Waals surface area contributed by atoms with E-state index in [1.807, 2.05) is 6.92 Å². The van der Waals surface area contributed by atoms with Crippen LogP contribution < -0.4 is 10.6 Å². The molecule has 0 saturated carbocycles. The van der Waals surface area contributed by atoms with Crippen LogP contribution in [-0.2, 0) is 9.53 Å². The van der Waals surface area contributed by atoms with Crippen LogP contribution in [0.2, 0.25) is 0 Å². The fourth-order valence-corrected chi connectivity index (χ4v) is 1.00. The normalized spacial score (nSPS) is 12.5. The lowest BCUT2D eigenvalue weighted by Gasteiger charge is -2.09. The average molecular weight is 218 g/mol. The maximum atomic E-state index is 11.2. The van der Waals surface area contributed by atoms with Crippen LogP contribution >= 0.6 is 0 Å². The van der Waals surface area contributed by atoms with E-state index in [9.17, 15) is 9.90 Å². The standard InChI is InChI=1S/C10H22N2O3/c1-3-9(13)7-11-8-10(14)12-5-4-6-15-2/h9,11,13H,3-8H2,1-2H3,(H,12,14). The average Bonchev–Trinajstić information content (AvgIpc) is 2.24. The van der Waals surface area contributed by atoms with Crippen LogP contribution in [0.4, 0.5) is 0 Å². The Morgan fingerprint density at radius 2 is 2.27 bits per heavy atom. The van der Waals surface area contributed by atoms with Crippen LogP contribution in [0, 0.1) is 0 Å². The maximum absolute atomic E-state index is 11.2. The van der Waals surface area contributed by atoms with E-state index in [-0.39, 0.29) is 18.6 Å². The smallest absolute Gasteiger partial charge is 0.233 e. The molecule has 0 heterocycles. The molecule has 0 aromatic rings. The number of nitrogens with one attached hydrogen (secondary N) is 2. The first-order valence-electron chi connectivity index (χ1n) is 5.35. The van der Waals surface area contributed by atoms with Crippen LogP contribution in [0.1, 0.15) is 19.8 Å². The van der Waals surface area contributed by atoms with Crippen LogP contribution in [0.15, 0.2) is 0 Å². The van der Waals surface area contributed by atoms with Crippen molar-refractivity contribution in [2.45, 2.75) is 25.9 Å². The molecule has 3 N–H and O–H groups in total. The Hall–Kier alpha value is -0.650. The SMILES string of the molecule is CCC(O)CNCC(=O)NCCCOC. The first-order valence-corrected chi connectivity index (χ1v) is 5.35. The molecule has 0 radical (unpaired) electrons. The van der Waals surface area contributed by atoms with Crippen molar-refractivity contribution in [2.75, 3.05) is 33.4 Å². The highest BCUT2D eigenvalue weighted by Crippen LogP contribution is 1.85. The second kappa shape index (κ2) is 9.89. The zero-order valence-corrected chi connectivity index (χ0v) is 9.58. The first kappa shape index (κ1) is 14.3.